The van der Waals surface area contributed by atoms with Gasteiger partial charge in [-0.15, -0.1) is 11.6 Å². The molecule has 2 N–H and O–H groups in total. The van der Waals surface area contributed by atoms with Crippen LogP contribution in [-0.2, 0) is 14.4 Å². The fourth-order valence-corrected chi connectivity index (χ4v) is 2.79. The number of carbonyl (C=O) groups excluding carboxylic acids is 1. The van der Waals surface area contributed by atoms with E-state index in [0.717, 1.165) is 22.3 Å². The van der Waals surface area contributed by atoms with E-state index in [1.807, 2.05) is 37.3 Å². The standard InChI is InChI=1S/C16H18ClNO3/c1-11-5-3-4-6-13(11)14-7-8-16(17,15(19)20-2)9-12(14)10-21-18/h3-8H,9-10,18H2,1-2H3. The van der Waals surface area contributed by atoms with E-state index in [4.69, 9.17) is 27.1 Å². The van der Waals surface area contributed by atoms with Crippen molar-refractivity contribution in [1.29, 1.82) is 0 Å². The lowest BCUT2D eigenvalue weighted by atomic mass is 9.85. The molecule has 4 nitrogen and oxygen atoms in total. The number of alkyl halides is 1. The minimum absolute atomic E-state index is 0.208. The maximum absolute atomic E-state index is 11.8. The lowest BCUT2D eigenvalue weighted by Gasteiger charge is -2.27. The maximum Gasteiger partial charge on any atom is 0.331 e. The number of benzene rings is 1. The van der Waals surface area contributed by atoms with Crippen molar-refractivity contribution in [3.05, 3.63) is 53.1 Å². The van der Waals surface area contributed by atoms with Gasteiger partial charge in [0, 0.05) is 6.42 Å². The minimum Gasteiger partial charge on any atom is -0.467 e. The molecule has 0 aliphatic heterocycles. The van der Waals surface area contributed by atoms with Gasteiger partial charge in [0.15, 0.2) is 4.87 Å². The Morgan fingerprint density at radius 3 is 2.76 bits per heavy atom. The minimum atomic E-state index is -1.20. The Bertz CT molecular complexity index is 609. The van der Waals surface area contributed by atoms with Gasteiger partial charge in [-0.3, -0.25) is 0 Å². The maximum atomic E-state index is 11.8. The number of aryl methyl sites for hydroxylation is 1. The van der Waals surface area contributed by atoms with Crippen LogP contribution in [-0.4, -0.2) is 24.6 Å². The van der Waals surface area contributed by atoms with Gasteiger partial charge in [0.25, 0.3) is 0 Å². The van der Waals surface area contributed by atoms with Crippen LogP contribution in [0, 0.1) is 6.92 Å². The molecule has 1 aliphatic rings. The van der Waals surface area contributed by atoms with Gasteiger partial charge in [-0.1, -0.05) is 36.4 Å². The molecule has 21 heavy (non-hydrogen) atoms. The van der Waals surface area contributed by atoms with Gasteiger partial charge in [-0.25, -0.2) is 10.7 Å². The van der Waals surface area contributed by atoms with Crippen molar-refractivity contribution in [1.82, 2.24) is 0 Å². The van der Waals surface area contributed by atoms with Gasteiger partial charge in [0.2, 0.25) is 0 Å². The number of allylic oxidation sites excluding steroid dienone is 2. The molecule has 0 saturated carbocycles. The summed E-state index contributed by atoms with van der Waals surface area (Å²) in [6.45, 7) is 2.24. The number of rotatable bonds is 4. The Labute approximate surface area is 129 Å². The summed E-state index contributed by atoms with van der Waals surface area (Å²) >= 11 is 6.36. The van der Waals surface area contributed by atoms with Gasteiger partial charge in [0.1, 0.15) is 0 Å². The van der Waals surface area contributed by atoms with E-state index in [2.05, 4.69) is 0 Å². The number of esters is 1. The van der Waals surface area contributed by atoms with Gasteiger partial charge in [-0.05, 0) is 29.2 Å². The fraction of sp³-hybridized carbons (Fsp3) is 0.312. The van der Waals surface area contributed by atoms with Crippen molar-refractivity contribution in [3.63, 3.8) is 0 Å². The number of carbonyl (C=O) groups is 1. The molecular formula is C16H18ClNO3. The first-order chi connectivity index (χ1) is 10.0. The Morgan fingerprint density at radius 1 is 1.43 bits per heavy atom. The van der Waals surface area contributed by atoms with E-state index in [0.29, 0.717) is 6.42 Å². The summed E-state index contributed by atoms with van der Waals surface area (Å²) in [7, 11) is 1.32. The van der Waals surface area contributed by atoms with Crippen LogP contribution in [0.3, 0.4) is 0 Å². The summed E-state index contributed by atoms with van der Waals surface area (Å²) < 4.78 is 4.77. The van der Waals surface area contributed by atoms with Crippen molar-refractivity contribution in [2.75, 3.05) is 13.7 Å². The SMILES string of the molecule is COC(=O)C1(Cl)C=CC(c2ccccc2C)=C(CON)C1. The monoisotopic (exact) mass is 307 g/mol. The average Bonchev–Trinajstić information content (AvgIpc) is 2.48. The van der Waals surface area contributed by atoms with E-state index in [-0.39, 0.29) is 6.61 Å². The predicted octanol–water partition coefficient (Wildman–Crippen LogP) is 2.75. The molecule has 0 saturated heterocycles. The van der Waals surface area contributed by atoms with Crippen molar-refractivity contribution in [2.24, 2.45) is 5.90 Å². The van der Waals surface area contributed by atoms with Crippen LogP contribution in [0.5, 0.6) is 0 Å². The number of hydrogen-bond donors (Lipinski definition) is 1. The molecule has 1 aromatic carbocycles. The van der Waals surface area contributed by atoms with Gasteiger partial charge >= 0.3 is 5.97 Å². The topological polar surface area (TPSA) is 61.5 Å². The highest BCUT2D eigenvalue weighted by atomic mass is 35.5. The molecule has 5 heteroatoms. The predicted molar refractivity (Wildman–Crippen MR) is 82.6 cm³/mol. The van der Waals surface area contributed by atoms with Crippen LogP contribution >= 0.6 is 11.6 Å². The Morgan fingerprint density at radius 2 is 2.14 bits per heavy atom. The number of methoxy groups -OCH3 is 1. The van der Waals surface area contributed by atoms with Crippen molar-refractivity contribution < 1.29 is 14.4 Å². The molecule has 0 spiro atoms. The van der Waals surface area contributed by atoms with Gasteiger partial charge in [-0.2, -0.15) is 0 Å². The molecule has 0 bridgehead atoms. The zero-order valence-corrected chi connectivity index (χ0v) is 12.8. The van der Waals surface area contributed by atoms with Crippen molar-refractivity contribution in [2.45, 2.75) is 18.2 Å². The van der Waals surface area contributed by atoms with Crippen molar-refractivity contribution in [3.8, 4) is 0 Å². The molecule has 0 amide bonds. The average molecular weight is 308 g/mol. The Kier molecular flexibility index (Phi) is 4.83. The molecule has 2 rings (SSSR count). The van der Waals surface area contributed by atoms with Gasteiger partial charge < -0.3 is 9.57 Å². The van der Waals surface area contributed by atoms with Crippen LogP contribution in [0.25, 0.3) is 5.57 Å². The molecule has 1 atom stereocenters. The third-order valence-electron chi connectivity index (χ3n) is 3.58. The second-order valence-electron chi connectivity index (χ2n) is 5.01. The summed E-state index contributed by atoms with van der Waals surface area (Å²) in [6.07, 6.45) is 3.81. The molecule has 1 aliphatic carbocycles. The number of halogens is 1. The number of hydrogen-bond acceptors (Lipinski definition) is 4. The molecule has 1 aromatic rings. The third-order valence-corrected chi connectivity index (χ3v) is 4.00. The zero-order chi connectivity index (χ0) is 15.5. The zero-order valence-electron chi connectivity index (χ0n) is 12.1. The van der Waals surface area contributed by atoms with Crippen LogP contribution < -0.4 is 5.90 Å². The molecule has 0 radical (unpaired) electrons. The third kappa shape index (κ3) is 3.18. The second-order valence-corrected chi connectivity index (χ2v) is 5.68. The summed E-state index contributed by atoms with van der Waals surface area (Å²) in [4.78, 5) is 15.4. The lowest BCUT2D eigenvalue weighted by Crippen LogP contribution is -2.34. The van der Waals surface area contributed by atoms with E-state index < -0.39 is 10.8 Å². The lowest BCUT2D eigenvalue weighted by molar-refractivity contribution is -0.142. The molecule has 0 aromatic heterocycles. The van der Waals surface area contributed by atoms with E-state index in [9.17, 15) is 4.79 Å². The fourth-order valence-electron chi connectivity index (χ4n) is 2.49. The molecular weight excluding hydrogens is 290 g/mol. The van der Waals surface area contributed by atoms with Gasteiger partial charge in [0.05, 0.1) is 13.7 Å². The summed E-state index contributed by atoms with van der Waals surface area (Å²) in [5, 5.41) is 0. The number of nitrogens with two attached hydrogens (primary N) is 1. The quantitative estimate of drug-likeness (QED) is 0.528. The van der Waals surface area contributed by atoms with Crippen LogP contribution in [0.4, 0.5) is 0 Å². The smallest absolute Gasteiger partial charge is 0.331 e. The first-order valence-corrected chi connectivity index (χ1v) is 6.96. The highest BCUT2D eigenvalue weighted by Crippen LogP contribution is 2.38. The first kappa shape index (κ1) is 15.8. The molecule has 0 heterocycles. The second kappa shape index (κ2) is 6.43. The summed E-state index contributed by atoms with van der Waals surface area (Å²) in [6, 6.07) is 7.99. The Balaban J connectivity index is 2.45. The first-order valence-electron chi connectivity index (χ1n) is 6.58. The molecule has 0 fully saturated rings. The highest BCUT2D eigenvalue weighted by molar-refractivity contribution is 6.36. The van der Waals surface area contributed by atoms with Crippen molar-refractivity contribution >= 4 is 23.1 Å². The largest absolute Gasteiger partial charge is 0.467 e. The molecule has 1 unspecified atom stereocenters. The molecule has 112 valence electrons. The van der Waals surface area contributed by atoms with Crippen LogP contribution in [0.2, 0.25) is 0 Å². The Hall–Kier alpha value is -1.62. The normalized spacial score (nSPS) is 21.5. The van der Waals surface area contributed by atoms with Crippen LogP contribution in [0.1, 0.15) is 17.5 Å². The van der Waals surface area contributed by atoms with E-state index in [1.54, 1.807) is 6.08 Å². The van der Waals surface area contributed by atoms with E-state index in [1.165, 1.54) is 7.11 Å². The summed E-state index contributed by atoms with van der Waals surface area (Å²) in [5.41, 5.74) is 4.06. The summed E-state index contributed by atoms with van der Waals surface area (Å²) in [5.74, 6) is 4.73. The van der Waals surface area contributed by atoms with Crippen LogP contribution in [0.15, 0.2) is 42.0 Å². The number of ether oxygens (including phenoxy) is 1. The van der Waals surface area contributed by atoms with E-state index >= 15 is 0 Å². The highest BCUT2D eigenvalue weighted by Gasteiger charge is 2.38.